The highest BCUT2D eigenvalue weighted by atomic mass is 16.3. The first kappa shape index (κ1) is 10.8. The summed E-state index contributed by atoms with van der Waals surface area (Å²) in [5.41, 5.74) is 5.53. The summed E-state index contributed by atoms with van der Waals surface area (Å²) in [6.45, 7) is 12.0. The van der Waals surface area contributed by atoms with E-state index in [4.69, 9.17) is 0 Å². The Morgan fingerprint density at radius 1 is 1.14 bits per heavy atom. The van der Waals surface area contributed by atoms with Gasteiger partial charge in [0.1, 0.15) is 5.75 Å². The summed E-state index contributed by atoms with van der Waals surface area (Å²) in [5, 5.41) is 9.94. The molecule has 0 spiro atoms. The van der Waals surface area contributed by atoms with Crippen LogP contribution < -0.4 is 0 Å². The van der Waals surface area contributed by atoms with Crippen LogP contribution in [0.5, 0.6) is 5.75 Å². The van der Waals surface area contributed by atoms with Gasteiger partial charge in [-0.25, -0.2) is 0 Å². The van der Waals surface area contributed by atoms with Gasteiger partial charge in [-0.3, -0.25) is 0 Å². The molecule has 0 saturated heterocycles. The van der Waals surface area contributed by atoms with Crippen LogP contribution >= 0.6 is 0 Å². The quantitative estimate of drug-likeness (QED) is 0.756. The summed E-state index contributed by atoms with van der Waals surface area (Å²) in [4.78, 5) is 0. The molecule has 0 aromatic heterocycles. The Hall–Kier alpha value is -1.24. The second-order valence-electron chi connectivity index (χ2n) is 3.67. The minimum Gasteiger partial charge on any atom is -0.507 e. The van der Waals surface area contributed by atoms with Crippen LogP contribution in [0.15, 0.2) is 6.58 Å². The molecule has 0 unspecified atom stereocenters. The standard InChI is InChI=1S/C13H18O/c1-6-11-9(4)8(3)10(5)13(14)12(11)7-2/h7,14H,2,6H2,1,3-5H3. The molecule has 1 heteroatoms. The fourth-order valence-electron chi connectivity index (χ4n) is 1.91. The van der Waals surface area contributed by atoms with E-state index in [0.717, 1.165) is 17.5 Å². The lowest BCUT2D eigenvalue weighted by molar-refractivity contribution is 0.468. The molecule has 0 radical (unpaired) electrons. The van der Waals surface area contributed by atoms with E-state index in [1.54, 1.807) is 6.08 Å². The first-order valence-corrected chi connectivity index (χ1v) is 4.98. The Morgan fingerprint density at radius 2 is 1.71 bits per heavy atom. The monoisotopic (exact) mass is 190 g/mol. The van der Waals surface area contributed by atoms with Crippen LogP contribution in [0.4, 0.5) is 0 Å². The maximum Gasteiger partial charge on any atom is 0.126 e. The van der Waals surface area contributed by atoms with Crippen LogP contribution in [0.1, 0.15) is 34.7 Å². The highest BCUT2D eigenvalue weighted by Crippen LogP contribution is 2.33. The van der Waals surface area contributed by atoms with Crippen LogP contribution in [0.25, 0.3) is 6.08 Å². The molecule has 1 aromatic rings. The van der Waals surface area contributed by atoms with Gasteiger partial charge in [0.15, 0.2) is 0 Å². The SMILES string of the molecule is C=Cc1c(O)c(C)c(C)c(C)c1CC. The molecule has 1 nitrogen and oxygen atoms in total. The molecule has 0 aliphatic carbocycles. The molecule has 0 heterocycles. The highest BCUT2D eigenvalue weighted by Gasteiger charge is 2.13. The lowest BCUT2D eigenvalue weighted by Crippen LogP contribution is -1.98. The Balaban J connectivity index is 3.65. The van der Waals surface area contributed by atoms with Gasteiger partial charge < -0.3 is 5.11 Å². The van der Waals surface area contributed by atoms with Crippen molar-refractivity contribution in [3.05, 3.63) is 34.4 Å². The zero-order valence-electron chi connectivity index (χ0n) is 9.44. The predicted molar refractivity (Wildman–Crippen MR) is 61.8 cm³/mol. The van der Waals surface area contributed by atoms with Gasteiger partial charge in [-0.2, -0.15) is 0 Å². The van der Waals surface area contributed by atoms with Gasteiger partial charge in [0.25, 0.3) is 0 Å². The van der Waals surface area contributed by atoms with Crippen LogP contribution in [0.3, 0.4) is 0 Å². The zero-order valence-corrected chi connectivity index (χ0v) is 9.44. The smallest absolute Gasteiger partial charge is 0.126 e. The molecule has 1 rings (SSSR count). The van der Waals surface area contributed by atoms with Crippen LogP contribution in [-0.4, -0.2) is 5.11 Å². The number of rotatable bonds is 2. The third kappa shape index (κ3) is 1.43. The van der Waals surface area contributed by atoms with Crippen molar-refractivity contribution in [2.24, 2.45) is 0 Å². The predicted octanol–water partition coefficient (Wildman–Crippen LogP) is 3.52. The Morgan fingerprint density at radius 3 is 2.14 bits per heavy atom. The molecular weight excluding hydrogens is 172 g/mol. The van der Waals surface area contributed by atoms with E-state index in [-0.39, 0.29) is 0 Å². The van der Waals surface area contributed by atoms with E-state index < -0.39 is 0 Å². The third-order valence-electron chi connectivity index (χ3n) is 3.07. The van der Waals surface area contributed by atoms with Gasteiger partial charge in [-0.1, -0.05) is 19.6 Å². The molecule has 0 atom stereocenters. The van der Waals surface area contributed by atoms with E-state index in [9.17, 15) is 5.11 Å². The maximum atomic E-state index is 9.94. The van der Waals surface area contributed by atoms with Crippen molar-refractivity contribution in [1.82, 2.24) is 0 Å². The Kier molecular flexibility index (Phi) is 3.00. The van der Waals surface area contributed by atoms with E-state index in [1.807, 2.05) is 6.92 Å². The fourth-order valence-corrected chi connectivity index (χ4v) is 1.91. The van der Waals surface area contributed by atoms with E-state index in [1.165, 1.54) is 16.7 Å². The highest BCUT2D eigenvalue weighted by molar-refractivity contribution is 5.66. The number of hydrogen-bond acceptors (Lipinski definition) is 1. The molecule has 0 aliphatic heterocycles. The van der Waals surface area contributed by atoms with Crippen molar-refractivity contribution in [3.8, 4) is 5.75 Å². The largest absolute Gasteiger partial charge is 0.507 e. The Labute approximate surface area is 86.1 Å². The average molecular weight is 190 g/mol. The van der Waals surface area contributed by atoms with Crippen LogP contribution in [0, 0.1) is 20.8 Å². The molecule has 0 bridgehead atoms. The number of phenolic OH excluding ortho intramolecular Hbond substituents is 1. The lowest BCUT2D eigenvalue weighted by Gasteiger charge is -2.16. The van der Waals surface area contributed by atoms with Gasteiger partial charge >= 0.3 is 0 Å². The van der Waals surface area contributed by atoms with Crippen molar-refractivity contribution in [3.63, 3.8) is 0 Å². The number of aromatic hydroxyl groups is 1. The summed E-state index contributed by atoms with van der Waals surface area (Å²) in [5.74, 6) is 0.389. The van der Waals surface area contributed by atoms with Crippen molar-refractivity contribution in [2.75, 3.05) is 0 Å². The van der Waals surface area contributed by atoms with Gasteiger partial charge in [-0.05, 0) is 49.4 Å². The lowest BCUT2D eigenvalue weighted by atomic mass is 9.91. The zero-order chi connectivity index (χ0) is 10.9. The number of hydrogen-bond donors (Lipinski definition) is 1. The molecule has 0 saturated carbocycles. The molecule has 0 fully saturated rings. The minimum atomic E-state index is 0.389. The molecule has 14 heavy (non-hydrogen) atoms. The van der Waals surface area contributed by atoms with Crippen molar-refractivity contribution in [2.45, 2.75) is 34.1 Å². The molecule has 0 amide bonds. The first-order chi connectivity index (χ1) is 6.54. The van der Waals surface area contributed by atoms with Crippen LogP contribution in [0.2, 0.25) is 0 Å². The number of phenols is 1. The van der Waals surface area contributed by atoms with E-state index in [2.05, 4.69) is 27.4 Å². The second kappa shape index (κ2) is 3.87. The normalized spacial score (nSPS) is 10.3. The van der Waals surface area contributed by atoms with E-state index in [0.29, 0.717) is 5.75 Å². The molecule has 1 N–H and O–H groups in total. The number of benzene rings is 1. The van der Waals surface area contributed by atoms with Crippen molar-refractivity contribution in [1.29, 1.82) is 0 Å². The summed E-state index contributed by atoms with van der Waals surface area (Å²) in [7, 11) is 0. The molecular formula is C13H18O. The van der Waals surface area contributed by atoms with Crippen molar-refractivity contribution < 1.29 is 5.11 Å². The third-order valence-corrected chi connectivity index (χ3v) is 3.07. The van der Waals surface area contributed by atoms with Gasteiger partial charge in [0.05, 0.1) is 0 Å². The second-order valence-corrected chi connectivity index (χ2v) is 3.67. The minimum absolute atomic E-state index is 0.389. The van der Waals surface area contributed by atoms with Gasteiger partial charge in [0, 0.05) is 5.56 Å². The molecule has 76 valence electrons. The first-order valence-electron chi connectivity index (χ1n) is 4.98. The van der Waals surface area contributed by atoms with E-state index >= 15 is 0 Å². The molecule has 1 aromatic carbocycles. The fraction of sp³-hybridized carbons (Fsp3) is 0.385. The van der Waals surface area contributed by atoms with Gasteiger partial charge in [0.2, 0.25) is 0 Å². The van der Waals surface area contributed by atoms with Crippen molar-refractivity contribution >= 4 is 6.08 Å². The topological polar surface area (TPSA) is 20.2 Å². The van der Waals surface area contributed by atoms with Gasteiger partial charge in [-0.15, -0.1) is 0 Å². The summed E-state index contributed by atoms with van der Waals surface area (Å²) >= 11 is 0. The van der Waals surface area contributed by atoms with Crippen LogP contribution in [-0.2, 0) is 6.42 Å². The Bertz CT molecular complexity index is 376. The summed E-state index contributed by atoms with van der Waals surface area (Å²) in [6.07, 6.45) is 2.68. The molecule has 0 aliphatic rings. The summed E-state index contributed by atoms with van der Waals surface area (Å²) < 4.78 is 0. The average Bonchev–Trinajstić information content (AvgIpc) is 2.20. The summed E-state index contributed by atoms with van der Waals surface area (Å²) in [6, 6.07) is 0. The maximum absolute atomic E-state index is 9.94.